The molecule has 0 radical (unpaired) electrons. The summed E-state index contributed by atoms with van der Waals surface area (Å²) in [6, 6.07) is 4.64. The molecule has 0 aliphatic carbocycles. The molecule has 5 nitrogen and oxygen atoms in total. The number of carbonyl (C=O) groups is 2. The van der Waals surface area contributed by atoms with Gasteiger partial charge < -0.3 is 10.1 Å². The number of rotatable bonds is 5. The Morgan fingerprint density at radius 2 is 2.13 bits per heavy atom. The van der Waals surface area contributed by atoms with E-state index in [1.807, 2.05) is 5.38 Å². The van der Waals surface area contributed by atoms with Crippen LogP contribution in [0.3, 0.4) is 0 Å². The third-order valence-corrected chi connectivity index (χ3v) is 4.50. The van der Waals surface area contributed by atoms with E-state index in [0.717, 1.165) is 5.01 Å². The van der Waals surface area contributed by atoms with Gasteiger partial charge in [-0.2, -0.15) is 0 Å². The van der Waals surface area contributed by atoms with E-state index in [1.54, 1.807) is 12.1 Å². The van der Waals surface area contributed by atoms with Crippen molar-refractivity contribution < 1.29 is 14.3 Å². The Morgan fingerprint density at radius 1 is 1.39 bits per heavy atom. The quantitative estimate of drug-likeness (QED) is 0.829. The van der Waals surface area contributed by atoms with Crippen LogP contribution in [-0.2, 0) is 16.0 Å². The maximum absolute atomic E-state index is 12.2. The van der Waals surface area contributed by atoms with E-state index < -0.39 is 5.97 Å². The standard InChI is InChI=1S/C16H17ClN2O3S/c1-9(2)15-18-11(8-23-15)7-14(20)19-13-5-4-10(17)6-12(13)16(21)22-3/h4-6,8-9H,7H2,1-3H3,(H,19,20). The lowest BCUT2D eigenvalue weighted by molar-refractivity contribution is -0.115. The van der Waals surface area contributed by atoms with E-state index in [9.17, 15) is 9.59 Å². The van der Waals surface area contributed by atoms with Crippen LogP contribution in [0.5, 0.6) is 0 Å². The maximum atomic E-state index is 12.2. The minimum atomic E-state index is -0.557. The van der Waals surface area contributed by atoms with Gasteiger partial charge in [-0.05, 0) is 18.2 Å². The summed E-state index contributed by atoms with van der Waals surface area (Å²) in [5.74, 6) is -0.476. The number of ether oxygens (including phenoxy) is 1. The SMILES string of the molecule is COC(=O)c1cc(Cl)ccc1NC(=O)Cc1csc(C(C)C)n1. The number of anilines is 1. The molecule has 0 unspecified atom stereocenters. The summed E-state index contributed by atoms with van der Waals surface area (Å²) >= 11 is 7.42. The van der Waals surface area contributed by atoms with E-state index in [0.29, 0.717) is 22.3 Å². The van der Waals surface area contributed by atoms with Crippen LogP contribution in [0.15, 0.2) is 23.6 Å². The van der Waals surface area contributed by atoms with Crippen LogP contribution < -0.4 is 5.32 Å². The smallest absolute Gasteiger partial charge is 0.340 e. The second-order valence-electron chi connectivity index (χ2n) is 5.24. The van der Waals surface area contributed by atoms with Crippen LogP contribution in [0.2, 0.25) is 5.02 Å². The van der Waals surface area contributed by atoms with Gasteiger partial charge in [0, 0.05) is 16.3 Å². The molecule has 1 aromatic heterocycles. The van der Waals surface area contributed by atoms with Crippen molar-refractivity contribution >= 4 is 40.5 Å². The van der Waals surface area contributed by atoms with E-state index in [2.05, 4.69) is 24.1 Å². The van der Waals surface area contributed by atoms with Crippen LogP contribution in [0.25, 0.3) is 0 Å². The number of hydrogen-bond donors (Lipinski definition) is 1. The van der Waals surface area contributed by atoms with Gasteiger partial charge in [-0.1, -0.05) is 25.4 Å². The third-order valence-electron chi connectivity index (χ3n) is 3.07. The highest BCUT2D eigenvalue weighted by Crippen LogP contribution is 2.23. The van der Waals surface area contributed by atoms with E-state index in [1.165, 1.54) is 24.5 Å². The molecule has 2 rings (SSSR count). The van der Waals surface area contributed by atoms with Gasteiger partial charge in [-0.25, -0.2) is 9.78 Å². The summed E-state index contributed by atoms with van der Waals surface area (Å²) in [5, 5.41) is 5.97. The third kappa shape index (κ3) is 4.53. The van der Waals surface area contributed by atoms with Crippen molar-refractivity contribution in [3.05, 3.63) is 44.9 Å². The molecule has 2 aromatic rings. The topological polar surface area (TPSA) is 68.3 Å². The van der Waals surface area contributed by atoms with Gasteiger partial charge in [0.15, 0.2) is 0 Å². The van der Waals surface area contributed by atoms with Crippen molar-refractivity contribution in [1.29, 1.82) is 0 Å². The lowest BCUT2D eigenvalue weighted by Gasteiger charge is -2.09. The van der Waals surface area contributed by atoms with Crippen molar-refractivity contribution in [3.63, 3.8) is 0 Å². The van der Waals surface area contributed by atoms with Crippen LogP contribution in [0.4, 0.5) is 5.69 Å². The lowest BCUT2D eigenvalue weighted by Crippen LogP contribution is -2.17. The van der Waals surface area contributed by atoms with Gasteiger partial charge in [0.2, 0.25) is 5.91 Å². The van der Waals surface area contributed by atoms with Gasteiger partial charge in [-0.3, -0.25) is 4.79 Å². The molecule has 0 bridgehead atoms. The van der Waals surface area contributed by atoms with Gasteiger partial charge in [0.05, 0.1) is 35.5 Å². The van der Waals surface area contributed by atoms with Gasteiger partial charge >= 0.3 is 5.97 Å². The number of halogens is 1. The maximum Gasteiger partial charge on any atom is 0.340 e. The molecule has 1 heterocycles. The number of benzene rings is 1. The zero-order valence-corrected chi connectivity index (χ0v) is 14.6. The summed E-state index contributed by atoms with van der Waals surface area (Å²) in [6.07, 6.45) is 0.145. The molecule has 0 saturated carbocycles. The fraction of sp³-hybridized carbons (Fsp3) is 0.312. The molecule has 0 aliphatic rings. The molecule has 122 valence electrons. The van der Waals surface area contributed by atoms with E-state index in [4.69, 9.17) is 16.3 Å². The average molecular weight is 353 g/mol. The largest absolute Gasteiger partial charge is 0.465 e. The first-order valence-corrected chi connectivity index (χ1v) is 8.28. The summed E-state index contributed by atoms with van der Waals surface area (Å²) < 4.78 is 4.70. The number of esters is 1. The van der Waals surface area contributed by atoms with E-state index in [-0.39, 0.29) is 17.9 Å². The normalized spacial score (nSPS) is 10.7. The second-order valence-corrected chi connectivity index (χ2v) is 6.56. The predicted molar refractivity (Wildman–Crippen MR) is 91.3 cm³/mol. The Hall–Kier alpha value is -1.92. The molecule has 23 heavy (non-hydrogen) atoms. The highest BCUT2D eigenvalue weighted by molar-refractivity contribution is 7.09. The Kier molecular flexibility index (Phi) is 5.74. The highest BCUT2D eigenvalue weighted by Gasteiger charge is 2.16. The number of thiazole rings is 1. The summed E-state index contributed by atoms with van der Waals surface area (Å²) in [4.78, 5) is 28.4. The molecule has 0 fully saturated rings. The first-order chi connectivity index (χ1) is 10.9. The number of nitrogens with one attached hydrogen (secondary N) is 1. The molecule has 7 heteroatoms. The van der Waals surface area contributed by atoms with Crippen molar-refractivity contribution in [1.82, 2.24) is 4.98 Å². The van der Waals surface area contributed by atoms with Crippen LogP contribution in [0, 0.1) is 0 Å². The molecular weight excluding hydrogens is 336 g/mol. The fourth-order valence-corrected chi connectivity index (χ4v) is 2.94. The summed E-state index contributed by atoms with van der Waals surface area (Å²) in [5.41, 5.74) is 1.30. The van der Waals surface area contributed by atoms with E-state index >= 15 is 0 Å². The number of carbonyl (C=O) groups excluding carboxylic acids is 2. The molecule has 1 aromatic carbocycles. The molecule has 1 N–H and O–H groups in total. The molecule has 1 amide bonds. The Bertz CT molecular complexity index is 728. The predicted octanol–water partition coefficient (Wildman–Crippen LogP) is 3.89. The first-order valence-electron chi connectivity index (χ1n) is 7.02. The number of nitrogens with zero attached hydrogens (tertiary/aromatic N) is 1. The van der Waals surface area contributed by atoms with Gasteiger partial charge in [0.25, 0.3) is 0 Å². The lowest BCUT2D eigenvalue weighted by atomic mass is 10.1. The van der Waals surface area contributed by atoms with Crippen molar-refractivity contribution in [2.45, 2.75) is 26.2 Å². The number of aromatic nitrogens is 1. The van der Waals surface area contributed by atoms with Gasteiger partial charge in [0.1, 0.15) is 0 Å². The Morgan fingerprint density at radius 3 is 2.74 bits per heavy atom. The molecule has 0 spiro atoms. The highest BCUT2D eigenvalue weighted by atomic mass is 35.5. The van der Waals surface area contributed by atoms with Crippen molar-refractivity contribution in [2.75, 3.05) is 12.4 Å². The zero-order chi connectivity index (χ0) is 17.0. The Balaban J connectivity index is 2.12. The number of methoxy groups -OCH3 is 1. The number of amides is 1. The number of hydrogen-bond acceptors (Lipinski definition) is 5. The summed E-state index contributed by atoms with van der Waals surface area (Å²) in [7, 11) is 1.28. The fourth-order valence-electron chi connectivity index (χ4n) is 1.93. The average Bonchev–Trinajstić information content (AvgIpc) is 2.97. The summed E-state index contributed by atoms with van der Waals surface area (Å²) in [6.45, 7) is 4.11. The van der Waals surface area contributed by atoms with Crippen LogP contribution in [0.1, 0.15) is 40.8 Å². The van der Waals surface area contributed by atoms with Crippen LogP contribution in [-0.4, -0.2) is 24.0 Å². The monoisotopic (exact) mass is 352 g/mol. The first kappa shape index (κ1) is 17.4. The van der Waals surface area contributed by atoms with Crippen LogP contribution >= 0.6 is 22.9 Å². The minimum absolute atomic E-state index is 0.145. The van der Waals surface area contributed by atoms with Gasteiger partial charge in [-0.15, -0.1) is 11.3 Å². The molecular formula is C16H17ClN2O3S. The molecule has 0 atom stereocenters. The minimum Gasteiger partial charge on any atom is -0.465 e. The zero-order valence-electron chi connectivity index (χ0n) is 13.1. The second kappa shape index (κ2) is 7.57. The van der Waals surface area contributed by atoms with Crippen molar-refractivity contribution in [2.24, 2.45) is 0 Å². The van der Waals surface area contributed by atoms with Crippen molar-refractivity contribution in [3.8, 4) is 0 Å². The molecule has 0 saturated heterocycles. The Labute approximate surface area is 143 Å². The molecule has 0 aliphatic heterocycles.